The predicted molar refractivity (Wildman–Crippen MR) is 77.7 cm³/mol. The average Bonchev–Trinajstić information content (AvgIpc) is 2.47. The fourth-order valence-electron chi connectivity index (χ4n) is 1.54. The fourth-order valence-corrected chi connectivity index (χ4v) is 1.67. The van der Waals surface area contributed by atoms with E-state index in [0.717, 1.165) is 17.2 Å². The van der Waals surface area contributed by atoms with E-state index in [4.69, 9.17) is 16.9 Å². The normalized spacial score (nSPS) is 9.85. The summed E-state index contributed by atoms with van der Waals surface area (Å²) in [6.07, 6.45) is 3.21. The second-order valence-electron chi connectivity index (χ2n) is 4.07. The molecule has 0 spiro atoms. The second-order valence-corrected chi connectivity index (χ2v) is 4.41. The minimum atomic E-state index is 0.222. The number of hydrogen-bond donors (Lipinski definition) is 2. The molecule has 0 fully saturated rings. The Bertz CT molecular complexity index is 620. The summed E-state index contributed by atoms with van der Waals surface area (Å²) in [6, 6.07) is 5.51. The van der Waals surface area contributed by atoms with Gasteiger partial charge in [-0.05, 0) is 30.7 Å². The van der Waals surface area contributed by atoms with Crippen LogP contribution in [0.3, 0.4) is 0 Å². The number of rotatable bonds is 5. The van der Waals surface area contributed by atoms with Crippen LogP contribution in [0.2, 0.25) is 5.28 Å². The van der Waals surface area contributed by atoms with Crippen molar-refractivity contribution in [1.82, 2.24) is 15.0 Å². The lowest BCUT2D eigenvalue weighted by molar-refractivity contribution is 1.02. The van der Waals surface area contributed by atoms with Gasteiger partial charge < -0.3 is 10.6 Å². The maximum absolute atomic E-state index is 8.67. The van der Waals surface area contributed by atoms with Gasteiger partial charge in [-0.3, -0.25) is 0 Å². The third kappa shape index (κ3) is 3.80. The molecule has 0 unspecified atom stereocenters. The number of nitrogens with zero attached hydrogens (tertiary/aromatic N) is 4. The summed E-state index contributed by atoms with van der Waals surface area (Å²) in [4.78, 5) is 12.1. The molecule has 0 aliphatic carbocycles. The molecule has 0 aromatic carbocycles. The lowest BCUT2D eigenvalue weighted by Gasteiger charge is -2.09. The molecule has 0 radical (unpaired) electrons. The monoisotopic (exact) mass is 288 g/mol. The maximum atomic E-state index is 8.67. The van der Waals surface area contributed by atoms with Crippen LogP contribution in [0.1, 0.15) is 11.1 Å². The zero-order valence-electron chi connectivity index (χ0n) is 10.9. The highest BCUT2D eigenvalue weighted by atomic mass is 35.5. The van der Waals surface area contributed by atoms with Gasteiger partial charge in [-0.2, -0.15) is 5.26 Å². The molecule has 0 atom stereocenters. The molecule has 2 rings (SSSR count). The van der Waals surface area contributed by atoms with E-state index in [-0.39, 0.29) is 5.28 Å². The van der Waals surface area contributed by atoms with Gasteiger partial charge in [0.25, 0.3) is 0 Å². The maximum Gasteiger partial charge on any atom is 0.224 e. The molecule has 0 saturated carbocycles. The molecule has 102 valence electrons. The third-order valence-corrected chi connectivity index (χ3v) is 2.74. The van der Waals surface area contributed by atoms with E-state index in [1.54, 1.807) is 18.3 Å². The molecule has 2 aromatic heterocycles. The third-order valence-electron chi connectivity index (χ3n) is 2.56. The smallest absolute Gasteiger partial charge is 0.224 e. The van der Waals surface area contributed by atoms with Crippen LogP contribution >= 0.6 is 11.6 Å². The van der Waals surface area contributed by atoms with Crippen LogP contribution in [0.5, 0.6) is 0 Å². The summed E-state index contributed by atoms with van der Waals surface area (Å²) in [7, 11) is 0. The van der Waals surface area contributed by atoms with Gasteiger partial charge in [-0.15, -0.1) is 0 Å². The van der Waals surface area contributed by atoms with Crippen molar-refractivity contribution in [1.29, 1.82) is 5.26 Å². The van der Waals surface area contributed by atoms with Crippen LogP contribution in [0.4, 0.5) is 11.6 Å². The van der Waals surface area contributed by atoms with Crippen LogP contribution in [-0.4, -0.2) is 28.0 Å². The molecule has 20 heavy (non-hydrogen) atoms. The lowest BCUT2D eigenvalue weighted by atomic mass is 10.3. The van der Waals surface area contributed by atoms with E-state index < -0.39 is 0 Å². The number of nitrogens with one attached hydrogen (secondary N) is 2. The largest absolute Gasteiger partial charge is 0.368 e. The Morgan fingerprint density at radius 1 is 1.20 bits per heavy atom. The number of aryl methyl sites for hydroxylation is 1. The summed E-state index contributed by atoms with van der Waals surface area (Å²) in [5.41, 5.74) is 1.48. The number of hydrogen-bond acceptors (Lipinski definition) is 6. The van der Waals surface area contributed by atoms with Gasteiger partial charge in [-0.1, -0.05) is 0 Å². The van der Waals surface area contributed by atoms with E-state index in [9.17, 15) is 0 Å². The number of halogens is 1. The molecule has 0 aliphatic rings. The van der Waals surface area contributed by atoms with Gasteiger partial charge in [0.2, 0.25) is 5.28 Å². The Labute approximate surface area is 121 Å². The van der Waals surface area contributed by atoms with Crippen molar-refractivity contribution >= 4 is 23.2 Å². The molecule has 0 aliphatic heterocycles. The van der Waals surface area contributed by atoms with Gasteiger partial charge in [0.05, 0.1) is 5.56 Å². The molecule has 0 saturated heterocycles. The average molecular weight is 289 g/mol. The Balaban J connectivity index is 1.81. The van der Waals surface area contributed by atoms with Crippen molar-refractivity contribution in [2.45, 2.75) is 6.92 Å². The van der Waals surface area contributed by atoms with Gasteiger partial charge in [-0.25, -0.2) is 15.0 Å². The minimum absolute atomic E-state index is 0.222. The van der Waals surface area contributed by atoms with E-state index in [1.807, 2.05) is 13.0 Å². The number of aromatic nitrogens is 3. The van der Waals surface area contributed by atoms with Gasteiger partial charge in [0, 0.05) is 31.0 Å². The van der Waals surface area contributed by atoms with Crippen molar-refractivity contribution in [3.8, 4) is 6.07 Å². The van der Waals surface area contributed by atoms with Crippen LogP contribution < -0.4 is 10.6 Å². The van der Waals surface area contributed by atoms with Gasteiger partial charge >= 0.3 is 0 Å². The van der Waals surface area contributed by atoms with Crippen LogP contribution in [-0.2, 0) is 0 Å². The molecule has 0 amide bonds. The highest BCUT2D eigenvalue weighted by Gasteiger charge is 2.01. The zero-order valence-corrected chi connectivity index (χ0v) is 11.6. The van der Waals surface area contributed by atoms with Crippen molar-refractivity contribution in [3.05, 3.63) is 40.9 Å². The van der Waals surface area contributed by atoms with E-state index in [2.05, 4.69) is 25.6 Å². The highest BCUT2D eigenvalue weighted by Crippen LogP contribution is 2.12. The molecule has 7 heteroatoms. The Kier molecular flexibility index (Phi) is 4.69. The van der Waals surface area contributed by atoms with Crippen molar-refractivity contribution in [3.63, 3.8) is 0 Å². The number of pyridine rings is 1. The van der Waals surface area contributed by atoms with E-state index in [1.165, 1.54) is 6.20 Å². The zero-order chi connectivity index (χ0) is 14.4. The molecule has 2 N–H and O–H groups in total. The standard InChI is InChI=1S/C13H13ClN6/c1-9-7-19-13(14)20-12(9)17-5-4-16-11-3-2-10(6-15)8-18-11/h2-3,7-8H,4-5H2,1H3,(H,16,18)(H,17,19,20). The SMILES string of the molecule is Cc1cnc(Cl)nc1NCCNc1ccc(C#N)cn1. The van der Waals surface area contributed by atoms with Gasteiger partial charge in [0.1, 0.15) is 17.7 Å². The number of anilines is 2. The van der Waals surface area contributed by atoms with Gasteiger partial charge in [0.15, 0.2) is 0 Å². The fraction of sp³-hybridized carbons (Fsp3) is 0.231. The molecular formula is C13H13ClN6. The first-order valence-corrected chi connectivity index (χ1v) is 6.40. The molecule has 2 aromatic rings. The topological polar surface area (TPSA) is 86.5 Å². The summed E-state index contributed by atoms with van der Waals surface area (Å²) in [5.74, 6) is 1.45. The summed E-state index contributed by atoms with van der Waals surface area (Å²) >= 11 is 5.74. The first-order valence-electron chi connectivity index (χ1n) is 6.02. The predicted octanol–water partition coefficient (Wildman–Crippen LogP) is 2.23. The molecular weight excluding hydrogens is 276 g/mol. The van der Waals surface area contributed by atoms with Crippen molar-refractivity contribution in [2.75, 3.05) is 23.7 Å². The van der Waals surface area contributed by atoms with Crippen molar-refractivity contribution in [2.24, 2.45) is 0 Å². The number of nitriles is 1. The van der Waals surface area contributed by atoms with E-state index in [0.29, 0.717) is 18.7 Å². The summed E-state index contributed by atoms with van der Waals surface area (Å²) < 4.78 is 0. The quantitative estimate of drug-likeness (QED) is 0.648. The van der Waals surface area contributed by atoms with Crippen LogP contribution in [0, 0.1) is 18.3 Å². The lowest BCUT2D eigenvalue weighted by Crippen LogP contribution is -2.15. The Morgan fingerprint density at radius 2 is 2.00 bits per heavy atom. The summed E-state index contributed by atoms with van der Waals surface area (Å²) in [5, 5.41) is 15.2. The summed E-state index contributed by atoms with van der Waals surface area (Å²) in [6.45, 7) is 3.24. The molecule has 2 heterocycles. The van der Waals surface area contributed by atoms with Crippen LogP contribution in [0.25, 0.3) is 0 Å². The van der Waals surface area contributed by atoms with Crippen LogP contribution in [0.15, 0.2) is 24.5 Å². The second kappa shape index (κ2) is 6.68. The first-order chi connectivity index (χ1) is 9.69. The first kappa shape index (κ1) is 14.0. The van der Waals surface area contributed by atoms with Crippen molar-refractivity contribution < 1.29 is 0 Å². The Hall–Kier alpha value is -2.39. The minimum Gasteiger partial charge on any atom is -0.368 e. The molecule has 6 nitrogen and oxygen atoms in total. The van der Waals surface area contributed by atoms with E-state index >= 15 is 0 Å². The Morgan fingerprint density at radius 3 is 2.70 bits per heavy atom. The molecule has 0 bridgehead atoms. The highest BCUT2D eigenvalue weighted by molar-refractivity contribution is 6.28.